The van der Waals surface area contributed by atoms with Crippen LogP contribution in [0.2, 0.25) is 0 Å². The first kappa shape index (κ1) is 21.0. The third kappa shape index (κ3) is 5.09. The van der Waals surface area contributed by atoms with Crippen molar-refractivity contribution in [2.45, 2.75) is 32.4 Å². The Morgan fingerprint density at radius 1 is 1.00 bits per heavy atom. The summed E-state index contributed by atoms with van der Waals surface area (Å²) in [5.41, 5.74) is 4.25. The number of benzene rings is 2. The molecule has 0 bridgehead atoms. The molecule has 5 nitrogen and oxygen atoms in total. The second-order valence-electron chi connectivity index (χ2n) is 7.62. The summed E-state index contributed by atoms with van der Waals surface area (Å²) in [4.78, 5) is 32.1. The van der Waals surface area contributed by atoms with Crippen molar-refractivity contribution in [3.63, 3.8) is 0 Å². The molecule has 31 heavy (non-hydrogen) atoms. The second kappa shape index (κ2) is 9.71. The van der Waals surface area contributed by atoms with Crippen molar-refractivity contribution in [2.75, 3.05) is 7.05 Å². The molecule has 0 aliphatic heterocycles. The number of rotatable bonds is 8. The molecule has 0 spiro atoms. The van der Waals surface area contributed by atoms with E-state index in [-0.39, 0.29) is 17.9 Å². The fourth-order valence-corrected chi connectivity index (χ4v) is 4.34. The van der Waals surface area contributed by atoms with Crippen LogP contribution in [0.25, 0.3) is 11.0 Å². The Morgan fingerprint density at radius 3 is 2.55 bits per heavy atom. The summed E-state index contributed by atoms with van der Waals surface area (Å²) < 4.78 is 1.80. The number of aryl methyl sites for hydroxylation is 3. The highest BCUT2D eigenvalue weighted by molar-refractivity contribution is 7.07. The Hall–Kier alpha value is -3.25. The maximum absolute atomic E-state index is 13.2. The Bertz CT molecular complexity index is 1220. The normalized spacial score (nSPS) is 11.0. The third-order valence-corrected chi connectivity index (χ3v) is 6.12. The smallest absolute Gasteiger partial charge is 0.272 e. The molecule has 2 aromatic heterocycles. The predicted molar refractivity (Wildman–Crippen MR) is 125 cm³/mol. The molecule has 6 heteroatoms. The van der Waals surface area contributed by atoms with E-state index in [4.69, 9.17) is 0 Å². The minimum Gasteiger partial charge on any atom is -0.341 e. The number of fused-ring (bicyclic) bond motifs is 1. The predicted octanol–water partition coefficient (Wildman–Crippen LogP) is 4.29. The first-order valence-electron chi connectivity index (χ1n) is 10.4. The van der Waals surface area contributed by atoms with Crippen LogP contribution in [0, 0.1) is 0 Å². The molecular weight excluding hydrogens is 406 g/mol. The van der Waals surface area contributed by atoms with E-state index in [1.807, 2.05) is 59.3 Å². The van der Waals surface area contributed by atoms with Crippen LogP contribution >= 0.6 is 11.3 Å². The summed E-state index contributed by atoms with van der Waals surface area (Å²) >= 11 is 1.62. The number of hydrogen-bond acceptors (Lipinski definition) is 4. The molecule has 0 saturated heterocycles. The lowest BCUT2D eigenvalue weighted by Gasteiger charge is -2.17. The van der Waals surface area contributed by atoms with Crippen molar-refractivity contribution < 1.29 is 4.79 Å². The van der Waals surface area contributed by atoms with Gasteiger partial charge in [0, 0.05) is 33.0 Å². The van der Waals surface area contributed by atoms with Crippen LogP contribution in [0.4, 0.5) is 0 Å². The van der Waals surface area contributed by atoms with Gasteiger partial charge in [0.1, 0.15) is 5.69 Å². The molecule has 2 aromatic carbocycles. The van der Waals surface area contributed by atoms with Gasteiger partial charge in [-0.05, 0) is 46.5 Å². The van der Waals surface area contributed by atoms with Gasteiger partial charge in [-0.15, -0.1) is 0 Å². The standard InChI is InChI=1S/C25H25N3O2S/c1-27(17-20-14-16-31-18-20)24(29)12-11-22-25(30)28(15-13-19-7-3-2-4-8-19)23-10-6-5-9-21(23)26-22/h2-10,14,16,18H,11-13,15,17H2,1H3. The highest BCUT2D eigenvalue weighted by Crippen LogP contribution is 2.13. The number of carbonyl (C=O) groups excluding carboxylic acids is 1. The number of nitrogens with zero attached hydrogens (tertiary/aromatic N) is 3. The summed E-state index contributed by atoms with van der Waals surface area (Å²) in [7, 11) is 1.80. The van der Waals surface area contributed by atoms with Crippen molar-refractivity contribution in [3.8, 4) is 0 Å². The molecule has 0 aliphatic carbocycles. The van der Waals surface area contributed by atoms with Crippen LogP contribution in [0.3, 0.4) is 0 Å². The van der Waals surface area contributed by atoms with Crippen molar-refractivity contribution in [2.24, 2.45) is 0 Å². The average Bonchev–Trinajstić information content (AvgIpc) is 3.30. The van der Waals surface area contributed by atoms with Crippen LogP contribution in [0.5, 0.6) is 0 Å². The number of carbonyl (C=O) groups is 1. The van der Waals surface area contributed by atoms with E-state index in [9.17, 15) is 9.59 Å². The van der Waals surface area contributed by atoms with Gasteiger partial charge < -0.3 is 9.47 Å². The SMILES string of the molecule is CN(Cc1ccsc1)C(=O)CCc1nc2ccccc2n(CCc2ccccc2)c1=O. The van der Waals surface area contributed by atoms with Crippen molar-refractivity contribution in [1.29, 1.82) is 0 Å². The maximum atomic E-state index is 13.2. The fraction of sp³-hybridized carbons (Fsp3) is 0.240. The van der Waals surface area contributed by atoms with E-state index < -0.39 is 0 Å². The van der Waals surface area contributed by atoms with E-state index in [0.29, 0.717) is 25.2 Å². The van der Waals surface area contributed by atoms with Gasteiger partial charge in [-0.1, -0.05) is 42.5 Å². The van der Waals surface area contributed by atoms with Crippen LogP contribution in [-0.2, 0) is 30.7 Å². The van der Waals surface area contributed by atoms with Gasteiger partial charge in [-0.3, -0.25) is 9.59 Å². The van der Waals surface area contributed by atoms with Gasteiger partial charge in [-0.2, -0.15) is 11.3 Å². The summed E-state index contributed by atoms with van der Waals surface area (Å²) in [5, 5.41) is 4.05. The maximum Gasteiger partial charge on any atom is 0.272 e. The third-order valence-electron chi connectivity index (χ3n) is 5.39. The Balaban J connectivity index is 1.53. The molecule has 0 atom stereocenters. The van der Waals surface area contributed by atoms with Gasteiger partial charge in [-0.25, -0.2) is 4.98 Å². The lowest BCUT2D eigenvalue weighted by molar-refractivity contribution is -0.130. The second-order valence-corrected chi connectivity index (χ2v) is 8.40. The van der Waals surface area contributed by atoms with E-state index in [0.717, 1.165) is 23.0 Å². The van der Waals surface area contributed by atoms with Crippen LogP contribution in [-0.4, -0.2) is 27.4 Å². The Labute approximate surface area is 185 Å². The lowest BCUT2D eigenvalue weighted by Crippen LogP contribution is -2.29. The highest BCUT2D eigenvalue weighted by atomic mass is 32.1. The van der Waals surface area contributed by atoms with Gasteiger partial charge in [0.15, 0.2) is 0 Å². The van der Waals surface area contributed by atoms with Crippen LogP contribution in [0.1, 0.15) is 23.2 Å². The molecular formula is C25H25N3O2S. The molecule has 158 valence electrons. The largest absolute Gasteiger partial charge is 0.341 e. The zero-order valence-corrected chi connectivity index (χ0v) is 18.3. The topological polar surface area (TPSA) is 55.2 Å². The van der Waals surface area contributed by atoms with Gasteiger partial charge in [0.2, 0.25) is 5.91 Å². The molecule has 2 heterocycles. The van der Waals surface area contributed by atoms with E-state index in [1.165, 1.54) is 5.56 Å². The first-order chi connectivity index (χ1) is 15.1. The fourth-order valence-electron chi connectivity index (χ4n) is 3.68. The summed E-state index contributed by atoms with van der Waals surface area (Å²) in [5.74, 6) is 0.0106. The highest BCUT2D eigenvalue weighted by Gasteiger charge is 2.15. The molecule has 0 aliphatic rings. The van der Waals surface area contributed by atoms with Gasteiger partial charge in [0.25, 0.3) is 5.56 Å². The average molecular weight is 432 g/mol. The molecule has 4 rings (SSSR count). The van der Waals surface area contributed by atoms with Crippen molar-refractivity contribution >= 4 is 28.3 Å². The molecule has 0 fully saturated rings. The molecule has 0 saturated carbocycles. The van der Waals surface area contributed by atoms with Crippen molar-refractivity contribution in [3.05, 3.63) is 98.6 Å². The number of hydrogen-bond donors (Lipinski definition) is 0. The Morgan fingerprint density at radius 2 is 1.77 bits per heavy atom. The van der Waals surface area contributed by atoms with E-state index in [2.05, 4.69) is 17.1 Å². The zero-order chi connectivity index (χ0) is 21.6. The number of amides is 1. The summed E-state index contributed by atoms with van der Waals surface area (Å²) in [6, 6.07) is 19.8. The minimum absolute atomic E-state index is 0.0106. The van der Waals surface area contributed by atoms with Gasteiger partial charge >= 0.3 is 0 Å². The van der Waals surface area contributed by atoms with E-state index >= 15 is 0 Å². The minimum atomic E-state index is -0.108. The molecule has 0 unspecified atom stereocenters. The van der Waals surface area contributed by atoms with Crippen LogP contribution < -0.4 is 5.56 Å². The number of aromatic nitrogens is 2. The number of para-hydroxylation sites is 2. The molecule has 0 radical (unpaired) electrons. The lowest BCUT2D eigenvalue weighted by atomic mass is 10.1. The van der Waals surface area contributed by atoms with Crippen molar-refractivity contribution in [1.82, 2.24) is 14.5 Å². The van der Waals surface area contributed by atoms with Gasteiger partial charge in [0.05, 0.1) is 11.0 Å². The first-order valence-corrected chi connectivity index (χ1v) is 11.3. The molecule has 4 aromatic rings. The van der Waals surface area contributed by atoms with Crippen LogP contribution in [0.15, 0.2) is 76.2 Å². The quantitative estimate of drug-likeness (QED) is 0.418. The summed E-state index contributed by atoms with van der Waals surface area (Å²) in [6.07, 6.45) is 1.36. The number of thiophene rings is 1. The molecule has 1 amide bonds. The monoisotopic (exact) mass is 431 g/mol. The zero-order valence-electron chi connectivity index (χ0n) is 17.5. The molecule has 0 N–H and O–H groups in total. The summed E-state index contributed by atoms with van der Waals surface area (Å²) in [6.45, 7) is 1.15. The Kier molecular flexibility index (Phi) is 6.57. The van der Waals surface area contributed by atoms with E-state index in [1.54, 1.807) is 27.9 Å².